The van der Waals surface area contributed by atoms with Gasteiger partial charge >= 0.3 is 0 Å². The Kier molecular flexibility index (Phi) is 5.08. The van der Waals surface area contributed by atoms with Crippen LogP contribution in [-0.2, 0) is 11.0 Å². The molecule has 0 spiro atoms. The summed E-state index contributed by atoms with van der Waals surface area (Å²) in [6.07, 6.45) is 3.67. The van der Waals surface area contributed by atoms with Crippen molar-refractivity contribution in [3.05, 3.63) is 58.5 Å². The Hall–Kier alpha value is -1.96. The highest BCUT2D eigenvalue weighted by atomic mass is 32.2. The van der Waals surface area contributed by atoms with Crippen LogP contribution in [0.3, 0.4) is 0 Å². The number of aromatic nitrogens is 3. The molecule has 3 rings (SSSR count). The van der Waals surface area contributed by atoms with Gasteiger partial charge in [0, 0.05) is 23.2 Å². The standard InChI is InChI=1S/C18H21N3O2SSi/c1-24-18-19-11-13-9-10-16(22)21(17(13)20-18)15-8-6-5-7-14(15)12-23-25(2,3)4/h5-11H,12H2,1-4H3. The van der Waals surface area contributed by atoms with Crippen molar-refractivity contribution in [3.8, 4) is 5.69 Å². The Morgan fingerprint density at radius 2 is 1.92 bits per heavy atom. The minimum absolute atomic E-state index is 0.112. The van der Waals surface area contributed by atoms with E-state index in [1.54, 1.807) is 22.9 Å². The molecule has 1 aromatic carbocycles. The minimum Gasteiger partial charge on any atom is -0.413 e. The number of hydrogen-bond acceptors (Lipinski definition) is 5. The summed E-state index contributed by atoms with van der Waals surface area (Å²) < 4.78 is 7.71. The molecule has 0 unspecified atom stereocenters. The van der Waals surface area contributed by atoms with E-state index in [9.17, 15) is 4.79 Å². The number of thioether (sulfide) groups is 1. The molecule has 0 aliphatic heterocycles. The van der Waals surface area contributed by atoms with Crippen LogP contribution < -0.4 is 5.56 Å². The van der Waals surface area contributed by atoms with Crippen LogP contribution in [0.25, 0.3) is 16.7 Å². The zero-order valence-electron chi connectivity index (χ0n) is 14.8. The van der Waals surface area contributed by atoms with E-state index in [0.29, 0.717) is 17.4 Å². The van der Waals surface area contributed by atoms with Gasteiger partial charge in [0.2, 0.25) is 0 Å². The molecule has 0 saturated carbocycles. The van der Waals surface area contributed by atoms with E-state index in [2.05, 4.69) is 29.6 Å². The number of pyridine rings is 1. The zero-order valence-corrected chi connectivity index (χ0v) is 16.6. The summed E-state index contributed by atoms with van der Waals surface area (Å²) in [7, 11) is -1.66. The Balaban J connectivity index is 2.20. The van der Waals surface area contributed by atoms with Gasteiger partial charge < -0.3 is 4.43 Å². The summed E-state index contributed by atoms with van der Waals surface area (Å²) in [5, 5.41) is 1.47. The number of nitrogens with zero attached hydrogens (tertiary/aromatic N) is 3. The first-order valence-electron chi connectivity index (χ1n) is 8.04. The molecular formula is C18H21N3O2SSi. The molecule has 0 fully saturated rings. The SMILES string of the molecule is CSc1ncc2ccc(=O)n(-c3ccccc3CO[Si](C)(C)C)c2n1. The number of hydrogen-bond donors (Lipinski definition) is 0. The third-order valence-electron chi connectivity index (χ3n) is 3.69. The first-order valence-corrected chi connectivity index (χ1v) is 12.7. The van der Waals surface area contributed by atoms with E-state index < -0.39 is 8.32 Å². The molecule has 130 valence electrons. The van der Waals surface area contributed by atoms with Gasteiger partial charge in [0.15, 0.2) is 19.1 Å². The van der Waals surface area contributed by atoms with Crippen molar-refractivity contribution in [3.63, 3.8) is 0 Å². The van der Waals surface area contributed by atoms with E-state index in [1.165, 1.54) is 11.8 Å². The van der Waals surface area contributed by atoms with Gasteiger partial charge in [-0.05, 0) is 38.0 Å². The van der Waals surface area contributed by atoms with E-state index in [-0.39, 0.29) is 5.56 Å². The van der Waals surface area contributed by atoms with E-state index in [1.807, 2.05) is 30.5 Å². The fourth-order valence-corrected chi connectivity index (χ4v) is 3.40. The molecule has 0 bridgehead atoms. The van der Waals surface area contributed by atoms with E-state index in [4.69, 9.17) is 4.43 Å². The lowest BCUT2D eigenvalue weighted by Crippen LogP contribution is -2.26. The largest absolute Gasteiger partial charge is 0.413 e. The molecule has 0 saturated heterocycles. The molecule has 0 N–H and O–H groups in total. The average Bonchev–Trinajstić information content (AvgIpc) is 2.59. The topological polar surface area (TPSA) is 57.0 Å². The van der Waals surface area contributed by atoms with Gasteiger partial charge in [-0.1, -0.05) is 30.0 Å². The highest BCUT2D eigenvalue weighted by Crippen LogP contribution is 2.21. The molecular weight excluding hydrogens is 350 g/mol. The van der Waals surface area contributed by atoms with Crippen LogP contribution in [0, 0.1) is 0 Å². The van der Waals surface area contributed by atoms with Crippen LogP contribution in [0.5, 0.6) is 0 Å². The monoisotopic (exact) mass is 371 g/mol. The fourth-order valence-electron chi connectivity index (χ4n) is 2.48. The number of para-hydroxylation sites is 1. The van der Waals surface area contributed by atoms with Crippen molar-refractivity contribution < 1.29 is 4.43 Å². The molecule has 0 radical (unpaired) electrons. The lowest BCUT2D eigenvalue weighted by molar-refractivity contribution is 0.299. The number of benzene rings is 1. The predicted molar refractivity (Wildman–Crippen MR) is 105 cm³/mol. The van der Waals surface area contributed by atoms with Crippen molar-refractivity contribution in [1.82, 2.24) is 14.5 Å². The van der Waals surface area contributed by atoms with Crippen molar-refractivity contribution in [2.45, 2.75) is 31.4 Å². The summed E-state index contributed by atoms with van der Waals surface area (Å²) in [6.45, 7) is 6.93. The Morgan fingerprint density at radius 3 is 2.64 bits per heavy atom. The Morgan fingerprint density at radius 1 is 1.16 bits per heavy atom. The quantitative estimate of drug-likeness (QED) is 0.387. The second-order valence-corrected chi connectivity index (χ2v) is 12.0. The Labute approximate surface area is 152 Å². The number of fused-ring (bicyclic) bond motifs is 1. The summed E-state index contributed by atoms with van der Waals surface area (Å²) in [5.74, 6) is 0. The molecule has 25 heavy (non-hydrogen) atoms. The molecule has 0 aliphatic rings. The highest BCUT2D eigenvalue weighted by Gasteiger charge is 2.17. The van der Waals surface area contributed by atoms with Gasteiger partial charge in [-0.15, -0.1) is 0 Å². The Bertz CT molecular complexity index is 966. The first-order chi connectivity index (χ1) is 11.9. The third kappa shape index (κ3) is 4.00. The molecule has 5 nitrogen and oxygen atoms in total. The maximum atomic E-state index is 12.7. The van der Waals surface area contributed by atoms with Crippen molar-refractivity contribution in [2.24, 2.45) is 0 Å². The molecule has 7 heteroatoms. The van der Waals surface area contributed by atoms with Crippen molar-refractivity contribution in [2.75, 3.05) is 6.26 Å². The van der Waals surface area contributed by atoms with Crippen LogP contribution in [0.1, 0.15) is 5.56 Å². The van der Waals surface area contributed by atoms with Crippen LogP contribution in [0.4, 0.5) is 0 Å². The van der Waals surface area contributed by atoms with Crippen molar-refractivity contribution >= 4 is 31.1 Å². The fraction of sp³-hybridized carbons (Fsp3) is 0.278. The molecule has 2 aromatic heterocycles. The molecule has 3 aromatic rings. The molecule has 0 atom stereocenters. The van der Waals surface area contributed by atoms with Gasteiger partial charge in [0.1, 0.15) is 0 Å². The van der Waals surface area contributed by atoms with Gasteiger partial charge in [0.05, 0.1) is 12.3 Å². The van der Waals surface area contributed by atoms with Crippen LogP contribution in [-0.4, -0.2) is 29.1 Å². The lowest BCUT2D eigenvalue weighted by Gasteiger charge is -2.19. The highest BCUT2D eigenvalue weighted by molar-refractivity contribution is 7.98. The van der Waals surface area contributed by atoms with Gasteiger partial charge in [-0.25, -0.2) is 9.97 Å². The van der Waals surface area contributed by atoms with Crippen LogP contribution >= 0.6 is 11.8 Å². The summed E-state index contributed by atoms with van der Waals surface area (Å²) >= 11 is 1.45. The second-order valence-electron chi connectivity index (χ2n) is 6.67. The zero-order chi connectivity index (χ0) is 18.0. The molecule has 0 amide bonds. The molecule has 2 heterocycles. The number of rotatable bonds is 5. The predicted octanol–water partition coefficient (Wildman–Crippen LogP) is 3.85. The summed E-state index contributed by atoms with van der Waals surface area (Å²) in [6, 6.07) is 11.1. The average molecular weight is 372 g/mol. The first kappa shape index (κ1) is 17.8. The van der Waals surface area contributed by atoms with Crippen LogP contribution in [0.2, 0.25) is 19.6 Å². The van der Waals surface area contributed by atoms with Crippen molar-refractivity contribution in [1.29, 1.82) is 0 Å². The second kappa shape index (κ2) is 7.11. The van der Waals surface area contributed by atoms with Crippen LogP contribution in [0.15, 0.2) is 52.5 Å². The maximum Gasteiger partial charge on any atom is 0.256 e. The van der Waals surface area contributed by atoms with Gasteiger partial charge in [0.25, 0.3) is 5.56 Å². The lowest BCUT2D eigenvalue weighted by atomic mass is 10.1. The normalized spacial score (nSPS) is 11.8. The third-order valence-corrected chi connectivity index (χ3v) is 5.26. The van der Waals surface area contributed by atoms with Gasteiger partial charge in [-0.2, -0.15) is 0 Å². The summed E-state index contributed by atoms with van der Waals surface area (Å²) in [4.78, 5) is 21.5. The summed E-state index contributed by atoms with van der Waals surface area (Å²) in [5.41, 5.74) is 2.29. The molecule has 0 aliphatic carbocycles. The maximum absolute atomic E-state index is 12.7. The van der Waals surface area contributed by atoms with Gasteiger partial charge in [-0.3, -0.25) is 9.36 Å². The minimum atomic E-state index is -1.66. The van der Waals surface area contributed by atoms with E-state index >= 15 is 0 Å². The smallest absolute Gasteiger partial charge is 0.256 e. The van der Waals surface area contributed by atoms with E-state index in [0.717, 1.165) is 16.6 Å².